The molecule has 92 valence electrons. The van der Waals surface area contributed by atoms with Gasteiger partial charge in [0.05, 0.1) is 0 Å². The summed E-state index contributed by atoms with van der Waals surface area (Å²) < 4.78 is 27.1. The second-order valence-corrected chi connectivity index (χ2v) is 5.02. The van der Waals surface area contributed by atoms with Crippen molar-refractivity contribution in [1.29, 1.82) is 0 Å². The van der Waals surface area contributed by atoms with Gasteiger partial charge in [-0.2, -0.15) is 12.7 Å². The summed E-state index contributed by atoms with van der Waals surface area (Å²) in [5.41, 5.74) is 0. The van der Waals surface area contributed by atoms with Gasteiger partial charge in [0, 0.05) is 26.2 Å². The van der Waals surface area contributed by atoms with Gasteiger partial charge in [0.25, 0.3) is 10.2 Å². The molecule has 0 aliphatic rings. The van der Waals surface area contributed by atoms with Gasteiger partial charge in [0.15, 0.2) is 0 Å². The van der Waals surface area contributed by atoms with Crippen LogP contribution in [0.1, 0.15) is 33.1 Å². The van der Waals surface area contributed by atoms with E-state index in [1.807, 2.05) is 13.8 Å². The SMILES string of the molecule is CCN(CC)S(=O)(=O)NCCCCCO. The molecule has 0 aromatic rings. The summed E-state index contributed by atoms with van der Waals surface area (Å²) in [6, 6.07) is 0. The molecule has 0 heterocycles. The van der Waals surface area contributed by atoms with Gasteiger partial charge in [-0.05, 0) is 19.3 Å². The Morgan fingerprint density at radius 2 is 1.73 bits per heavy atom. The van der Waals surface area contributed by atoms with Gasteiger partial charge in [-0.15, -0.1) is 0 Å². The molecule has 0 aromatic heterocycles. The molecular formula is C9H22N2O3S. The molecule has 0 aliphatic carbocycles. The van der Waals surface area contributed by atoms with Crippen molar-refractivity contribution in [3.63, 3.8) is 0 Å². The van der Waals surface area contributed by atoms with Gasteiger partial charge in [0.2, 0.25) is 0 Å². The Bertz CT molecular complexity index is 238. The van der Waals surface area contributed by atoms with E-state index in [0.717, 1.165) is 19.3 Å². The lowest BCUT2D eigenvalue weighted by molar-refractivity contribution is 0.283. The molecule has 0 saturated carbocycles. The van der Waals surface area contributed by atoms with Crippen molar-refractivity contribution in [2.45, 2.75) is 33.1 Å². The Labute approximate surface area is 92.7 Å². The highest BCUT2D eigenvalue weighted by Gasteiger charge is 2.16. The Morgan fingerprint density at radius 1 is 1.13 bits per heavy atom. The number of hydrogen-bond acceptors (Lipinski definition) is 3. The minimum Gasteiger partial charge on any atom is -0.396 e. The highest BCUT2D eigenvalue weighted by Crippen LogP contribution is 1.98. The van der Waals surface area contributed by atoms with Crippen LogP contribution < -0.4 is 4.72 Å². The molecule has 0 saturated heterocycles. The van der Waals surface area contributed by atoms with Crippen LogP contribution in [0.3, 0.4) is 0 Å². The fourth-order valence-electron chi connectivity index (χ4n) is 1.27. The molecule has 0 rings (SSSR count). The first-order chi connectivity index (χ1) is 7.08. The van der Waals surface area contributed by atoms with E-state index >= 15 is 0 Å². The Morgan fingerprint density at radius 3 is 2.20 bits per heavy atom. The third-order valence-corrected chi connectivity index (χ3v) is 3.93. The first-order valence-corrected chi connectivity index (χ1v) is 6.88. The Kier molecular flexibility index (Phi) is 7.95. The molecule has 0 aromatic carbocycles. The predicted molar refractivity (Wildman–Crippen MR) is 60.8 cm³/mol. The van der Waals surface area contributed by atoms with Crippen molar-refractivity contribution >= 4 is 10.2 Å². The van der Waals surface area contributed by atoms with Crippen molar-refractivity contribution in [2.75, 3.05) is 26.2 Å². The molecule has 0 aliphatic heterocycles. The lowest BCUT2D eigenvalue weighted by atomic mass is 10.2. The molecule has 6 heteroatoms. The summed E-state index contributed by atoms with van der Waals surface area (Å²) in [6.45, 7) is 5.22. The van der Waals surface area contributed by atoms with Crippen LogP contribution >= 0.6 is 0 Å². The third-order valence-electron chi connectivity index (χ3n) is 2.16. The van der Waals surface area contributed by atoms with Crippen LogP contribution in [0.15, 0.2) is 0 Å². The zero-order valence-corrected chi connectivity index (χ0v) is 10.4. The van der Waals surface area contributed by atoms with E-state index in [-0.39, 0.29) is 6.61 Å². The second kappa shape index (κ2) is 8.04. The van der Waals surface area contributed by atoms with Crippen LogP contribution in [-0.2, 0) is 10.2 Å². The van der Waals surface area contributed by atoms with E-state index in [1.54, 1.807) is 0 Å². The van der Waals surface area contributed by atoms with Gasteiger partial charge in [-0.25, -0.2) is 4.72 Å². The van der Waals surface area contributed by atoms with E-state index in [4.69, 9.17) is 5.11 Å². The van der Waals surface area contributed by atoms with Gasteiger partial charge >= 0.3 is 0 Å². The van der Waals surface area contributed by atoms with E-state index in [2.05, 4.69) is 4.72 Å². The lowest BCUT2D eigenvalue weighted by Gasteiger charge is -2.18. The van der Waals surface area contributed by atoms with Crippen LogP contribution in [0, 0.1) is 0 Å². The summed E-state index contributed by atoms with van der Waals surface area (Å²) in [5.74, 6) is 0. The zero-order chi connectivity index (χ0) is 11.7. The average molecular weight is 238 g/mol. The number of aliphatic hydroxyl groups is 1. The number of unbranched alkanes of at least 4 members (excludes halogenated alkanes) is 2. The van der Waals surface area contributed by atoms with Crippen LogP contribution in [0.4, 0.5) is 0 Å². The van der Waals surface area contributed by atoms with E-state index in [9.17, 15) is 8.42 Å². The Balaban J connectivity index is 3.83. The number of nitrogens with zero attached hydrogens (tertiary/aromatic N) is 1. The van der Waals surface area contributed by atoms with Gasteiger partial charge < -0.3 is 5.11 Å². The average Bonchev–Trinajstić information content (AvgIpc) is 2.18. The molecule has 2 N–H and O–H groups in total. The minimum atomic E-state index is -3.29. The molecule has 0 unspecified atom stereocenters. The fraction of sp³-hybridized carbons (Fsp3) is 1.00. The fourth-order valence-corrected chi connectivity index (χ4v) is 2.53. The quantitative estimate of drug-likeness (QED) is 0.569. The lowest BCUT2D eigenvalue weighted by Crippen LogP contribution is -2.40. The van der Waals surface area contributed by atoms with Crippen molar-refractivity contribution < 1.29 is 13.5 Å². The monoisotopic (exact) mass is 238 g/mol. The molecule has 0 radical (unpaired) electrons. The number of nitrogens with one attached hydrogen (secondary N) is 1. The summed E-state index contributed by atoms with van der Waals surface area (Å²) in [6.07, 6.45) is 2.34. The zero-order valence-electron chi connectivity index (χ0n) is 9.57. The predicted octanol–water partition coefficient (Wildman–Crippen LogP) is 0.325. The van der Waals surface area contributed by atoms with Crippen LogP contribution in [0.5, 0.6) is 0 Å². The maximum atomic E-state index is 11.6. The van der Waals surface area contributed by atoms with E-state index in [0.29, 0.717) is 19.6 Å². The van der Waals surface area contributed by atoms with Crippen molar-refractivity contribution in [1.82, 2.24) is 9.03 Å². The maximum Gasteiger partial charge on any atom is 0.279 e. The first-order valence-electron chi connectivity index (χ1n) is 5.44. The van der Waals surface area contributed by atoms with Crippen molar-refractivity contribution in [3.8, 4) is 0 Å². The Hall–Kier alpha value is -0.170. The van der Waals surface area contributed by atoms with Gasteiger partial charge in [-0.1, -0.05) is 13.8 Å². The third kappa shape index (κ3) is 6.09. The van der Waals surface area contributed by atoms with Crippen LogP contribution in [-0.4, -0.2) is 44.1 Å². The minimum absolute atomic E-state index is 0.169. The molecular weight excluding hydrogens is 216 g/mol. The van der Waals surface area contributed by atoms with Crippen LogP contribution in [0.25, 0.3) is 0 Å². The van der Waals surface area contributed by atoms with Crippen molar-refractivity contribution in [2.24, 2.45) is 0 Å². The topological polar surface area (TPSA) is 69.6 Å². The molecule has 15 heavy (non-hydrogen) atoms. The second-order valence-electron chi connectivity index (χ2n) is 3.27. The normalized spacial score (nSPS) is 12.3. The number of rotatable bonds is 9. The van der Waals surface area contributed by atoms with Gasteiger partial charge in [-0.3, -0.25) is 0 Å². The first kappa shape index (κ1) is 14.8. The summed E-state index contributed by atoms with van der Waals surface area (Å²) in [4.78, 5) is 0. The molecule has 5 nitrogen and oxygen atoms in total. The number of hydrogen-bond donors (Lipinski definition) is 2. The molecule has 0 bridgehead atoms. The number of aliphatic hydroxyl groups excluding tert-OH is 1. The van der Waals surface area contributed by atoms with Crippen molar-refractivity contribution in [3.05, 3.63) is 0 Å². The maximum absolute atomic E-state index is 11.6. The van der Waals surface area contributed by atoms with E-state index in [1.165, 1.54) is 4.31 Å². The van der Waals surface area contributed by atoms with Gasteiger partial charge in [0.1, 0.15) is 0 Å². The highest BCUT2D eigenvalue weighted by molar-refractivity contribution is 7.87. The largest absolute Gasteiger partial charge is 0.396 e. The molecule has 0 fully saturated rings. The van der Waals surface area contributed by atoms with Crippen LogP contribution in [0.2, 0.25) is 0 Å². The molecule has 0 spiro atoms. The summed E-state index contributed by atoms with van der Waals surface area (Å²) in [7, 11) is -3.29. The molecule has 0 atom stereocenters. The van der Waals surface area contributed by atoms with E-state index < -0.39 is 10.2 Å². The highest BCUT2D eigenvalue weighted by atomic mass is 32.2. The summed E-state index contributed by atoms with van der Waals surface area (Å²) >= 11 is 0. The smallest absolute Gasteiger partial charge is 0.279 e. The standard InChI is InChI=1S/C9H22N2O3S/c1-3-11(4-2)15(13,14)10-8-6-5-7-9-12/h10,12H,3-9H2,1-2H3. The molecule has 0 amide bonds. The summed E-state index contributed by atoms with van der Waals surface area (Å²) in [5, 5.41) is 8.54.